The molecule has 1 atom stereocenters. The zero-order valence-electron chi connectivity index (χ0n) is 14.6. The lowest BCUT2D eigenvalue weighted by Crippen LogP contribution is -2.61. The van der Waals surface area contributed by atoms with Gasteiger partial charge in [-0.1, -0.05) is 61.4 Å². The highest BCUT2D eigenvalue weighted by molar-refractivity contribution is 6.76. The van der Waals surface area contributed by atoms with E-state index >= 15 is 0 Å². The van der Waals surface area contributed by atoms with E-state index in [9.17, 15) is 4.79 Å². The molecule has 0 radical (unpaired) electrons. The van der Waals surface area contributed by atoms with Gasteiger partial charge in [0, 0.05) is 6.42 Å². The molecule has 0 bridgehead atoms. The fourth-order valence-electron chi connectivity index (χ4n) is 2.24. The molecule has 0 fully saturated rings. The van der Waals surface area contributed by atoms with Gasteiger partial charge in [-0.25, -0.2) is 0 Å². The van der Waals surface area contributed by atoms with Gasteiger partial charge in [0.15, 0.2) is 8.24 Å². The fraction of sp³-hybridized carbons (Fsp3) is 0.562. The number of nitrogens with zero attached hydrogens (tertiary/aromatic N) is 1. The van der Waals surface area contributed by atoms with E-state index in [0.717, 1.165) is 6.42 Å². The van der Waals surface area contributed by atoms with Crippen molar-refractivity contribution < 1.29 is 14.3 Å². The molecule has 0 aliphatic heterocycles. The molecule has 0 aromatic heterocycles. The Labute approximate surface area is 160 Å². The van der Waals surface area contributed by atoms with Crippen LogP contribution in [0.3, 0.4) is 0 Å². The predicted octanol–water partition coefficient (Wildman–Crippen LogP) is 5.23. The van der Waals surface area contributed by atoms with Gasteiger partial charge in [0.2, 0.25) is 15.9 Å². The third-order valence-electron chi connectivity index (χ3n) is 3.28. The first-order chi connectivity index (χ1) is 11.0. The van der Waals surface area contributed by atoms with E-state index in [4.69, 9.17) is 44.3 Å². The van der Waals surface area contributed by atoms with E-state index in [-0.39, 0.29) is 5.91 Å². The Bertz CT molecular complexity index is 541. The van der Waals surface area contributed by atoms with E-state index in [1.807, 2.05) is 26.6 Å². The van der Waals surface area contributed by atoms with Crippen molar-refractivity contribution in [2.45, 2.75) is 49.4 Å². The molecular weight excluding hydrogens is 389 g/mol. The van der Waals surface area contributed by atoms with Crippen LogP contribution in [-0.2, 0) is 4.79 Å². The maximum atomic E-state index is 12.7. The van der Waals surface area contributed by atoms with Crippen LogP contribution in [0.2, 0.25) is 19.6 Å². The van der Waals surface area contributed by atoms with Gasteiger partial charge in [-0.15, -0.1) is 0 Å². The molecule has 0 saturated heterocycles. The molecule has 1 unspecified atom stereocenters. The zero-order chi connectivity index (χ0) is 18.5. The number of amides is 1. The number of ether oxygens (including phenoxy) is 2. The van der Waals surface area contributed by atoms with Crippen molar-refractivity contribution in [1.29, 1.82) is 0 Å². The monoisotopic (exact) mass is 411 g/mol. The number of methoxy groups -OCH3 is 1. The van der Waals surface area contributed by atoms with Gasteiger partial charge in [-0.2, -0.15) is 0 Å². The average molecular weight is 413 g/mol. The van der Waals surface area contributed by atoms with Crippen molar-refractivity contribution in [3.8, 4) is 11.5 Å². The summed E-state index contributed by atoms with van der Waals surface area (Å²) in [7, 11) is -0.571. The summed E-state index contributed by atoms with van der Waals surface area (Å²) < 4.78 is 10.9. The van der Waals surface area contributed by atoms with Gasteiger partial charge in [0.05, 0.1) is 7.11 Å². The minimum Gasteiger partial charge on any atom is -0.497 e. The second-order valence-electron chi connectivity index (χ2n) is 6.37. The molecule has 1 rings (SSSR count). The standard InChI is InChI=1S/C16H24Cl3NO3Si/c1-6-7-14(21)20(24(3,4)5)15(16(17,18)19)23-13-10-8-12(22-2)9-11-13/h8-11,15H,6-7H2,1-5H3. The molecule has 0 spiro atoms. The summed E-state index contributed by atoms with van der Waals surface area (Å²) in [5.74, 6) is 1.12. The highest BCUT2D eigenvalue weighted by atomic mass is 35.6. The minimum atomic E-state index is -2.15. The van der Waals surface area contributed by atoms with Crippen molar-refractivity contribution in [2.24, 2.45) is 0 Å². The van der Waals surface area contributed by atoms with Gasteiger partial charge in [0.1, 0.15) is 11.5 Å². The molecule has 1 aromatic carbocycles. The Morgan fingerprint density at radius 3 is 2.04 bits per heavy atom. The smallest absolute Gasteiger partial charge is 0.245 e. The predicted molar refractivity (Wildman–Crippen MR) is 103 cm³/mol. The summed E-state index contributed by atoms with van der Waals surface area (Å²) in [4.78, 5) is 12.7. The number of hydrogen-bond donors (Lipinski definition) is 0. The van der Waals surface area contributed by atoms with Crippen LogP contribution in [0.1, 0.15) is 19.8 Å². The van der Waals surface area contributed by atoms with Crippen LogP contribution in [0.4, 0.5) is 0 Å². The van der Waals surface area contributed by atoms with E-state index in [1.165, 1.54) is 0 Å². The Hall–Kier alpha value is -0.623. The van der Waals surface area contributed by atoms with E-state index in [0.29, 0.717) is 17.9 Å². The van der Waals surface area contributed by atoms with Crippen LogP contribution >= 0.6 is 34.8 Å². The molecule has 24 heavy (non-hydrogen) atoms. The number of carbonyl (C=O) groups is 1. The Balaban J connectivity index is 3.19. The van der Waals surface area contributed by atoms with E-state index < -0.39 is 18.3 Å². The fourth-order valence-corrected chi connectivity index (χ4v) is 4.72. The van der Waals surface area contributed by atoms with Gasteiger partial charge in [-0.05, 0) is 30.7 Å². The van der Waals surface area contributed by atoms with E-state index in [2.05, 4.69) is 0 Å². The molecule has 8 heteroatoms. The Kier molecular flexibility index (Phi) is 7.72. The van der Waals surface area contributed by atoms with Gasteiger partial charge >= 0.3 is 0 Å². The number of carbonyl (C=O) groups excluding carboxylic acids is 1. The molecule has 0 heterocycles. The van der Waals surface area contributed by atoms with Gasteiger partial charge in [-0.3, -0.25) is 4.79 Å². The van der Waals surface area contributed by atoms with Crippen molar-refractivity contribution >= 4 is 48.9 Å². The number of alkyl halides is 3. The van der Waals surface area contributed by atoms with Crippen LogP contribution in [-0.4, -0.2) is 35.8 Å². The first kappa shape index (κ1) is 21.4. The normalized spacial score (nSPS) is 13.3. The van der Waals surface area contributed by atoms with Crippen molar-refractivity contribution in [3.05, 3.63) is 24.3 Å². The lowest BCUT2D eigenvalue weighted by atomic mass is 10.3. The third-order valence-corrected chi connectivity index (χ3v) is 5.77. The highest BCUT2D eigenvalue weighted by Gasteiger charge is 2.46. The summed E-state index contributed by atoms with van der Waals surface area (Å²) in [6.45, 7) is 7.99. The van der Waals surface area contributed by atoms with Crippen molar-refractivity contribution in [1.82, 2.24) is 4.57 Å². The molecule has 0 saturated carbocycles. The summed E-state index contributed by atoms with van der Waals surface area (Å²) in [5, 5.41) is 0. The number of benzene rings is 1. The number of rotatable bonds is 7. The molecule has 136 valence electrons. The first-order valence-electron chi connectivity index (χ1n) is 7.70. The Morgan fingerprint density at radius 1 is 1.17 bits per heavy atom. The van der Waals surface area contributed by atoms with Crippen LogP contribution < -0.4 is 9.47 Å². The molecular formula is C16H24Cl3NO3Si. The second kappa shape index (κ2) is 8.65. The molecule has 0 N–H and O–H groups in total. The lowest BCUT2D eigenvalue weighted by Gasteiger charge is -2.43. The number of halogens is 3. The van der Waals surface area contributed by atoms with Crippen LogP contribution in [0.25, 0.3) is 0 Å². The van der Waals surface area contributed by atoms with Crippen LogP contribution in [0.5, 0.6) is 11.5 Å². The third kappa shape index (κ3) is 6.03. The van der Waals surface area contributed by atoms with Crippen LogP contribution in [0, 0.1) is 0 Å². The van der Waals surface area contributed by atoms with Crippen molar-refractivity contribution in [3.63, 3.8) is 0 Å². The lowest BCUT2D eigenvalue weighted by molar-refractivity contribution is -0.132. The molecule has 1 aromatic rings. The highest BCUT2D eigenvalue weighted by Crippen LogP contribution is 2.37. The maximum Gasteiger partial charge on any atom is 0.245 e. The minimum absolute atomic E-state index is 0.0681. The SMILES string of the molecule is CCCC(=O)N(C(Oc1ccc(OC)cc1)C(Cl)(Cl)Cl)[Si](C)(C)C. The molecule has 1 amide bonds. The molecule has 0 aliphatic rings. The largest absolute Gasteiger partial charge is 0.497 e. The van der Waals surface area contributed by atoms with Gasteiger partial charge < -0.3 is 14.0 Å². The van der Waals surface area contributed by atoms with E-state index in [1.54, 1.807) is 35.9 Å². The number of hydrogen-bond acceptors (Lipinski definition) is 3. The zero-order valence-corrected chi connectivity index (χ0v) is 17.9. The maximum absolute atomic E-state index is 12.7. The summed E-state index contributed by atoms with van der Waals surface area (Å²) >= 11 is 18.5. The quantitative estimate of drug-likeness (QED) is 0.349. The summed E-state index contributed by atoms with van der Waals surface area (Å²) in [5.41, 5.74) is 0. The topological polar surface area (TPSA) is 38.8 Å². The van der Waals surface area contributed by atoms with Gasteiger partial charge in [0.25, 0.3) is 0 Å². The van der Waals surface area contributed by atoms with Crippen LogP contribution in [0.15, 0.2) is 24.3 Å². The Morgan fingerprint density at radius 2 is 1.67 bits per heavy atom. The first-order valence-corrected chi connectivity index (χ1v) is 12.3. The molecule has 4 nitrogen and oxygen atoms in total. The second-order valence-corrected chi connectivity index (χ2v) is 13.6. The van der Waals surface area contributed by atoms with Crippen molar-refractivity contribution in [2.75, 3.05) is 7.11 Å². The molecule has 0 aliphatic carbocycles. The average Bonchev–Trinajstić information content (AvgIpc) is 2.45. The summed E-state index contributed by atoms with van der Waals surface area (Å²) in [6.07, 6.45) is 0.101. The summed E-state index contributed by atoms with van der Waals surface area (Å²) in [6, 6.07) is 6.93.